The van der Waals surface area contributed by atoms with E-state index in [4.69, 9.17) is 4.74 Å². The molecular weight excluding hydrogens is 370 g/mol. The molecule has 1 aromatic carbocycles. The fourth-order valence-electron chi connectivity index (χ4n) is 3.24. The Morgan fingerprint density at radius 1 is 1.23 bits per heavy atom. The van der Waals surface area contributed by atoms with Gasteiger partial charge in [0.05, 0.1) is 22.8 Å². The van der Waals surface area contributed by atoms with Gasteiger partial charge < -0.3 is 10.1 Å². The van der Waals surface area contributed by atoms with Crippen LogP contribution in [0.3, 0.4) is 0 Å². The lowest BCUT2D eigenvalue weighted by molar-refractivity contribution is -0.118. The molecule has 4 aromatic rings. The van der Waals surface area contributed by atoms with E-state index in [2.05, 4.69) is 24.0 Å². The van der Waals surface area contributed by atoms with Gasteiger partial charge in [-0.15, -0.1) is 11.3 Å². The summed E-state index contributed by atoms with van der Waals surface area (Å²) >= 11 is 2.81. The lowest BCUT2D eigenvalue weighted by Gasteiger charge is -2.08. The van der Waals surface area contributed by atoms with Gasteiger partial charge in [0.1, 0.15) is 22.2 Å². The molecule has 0 saturated heterocycles. The van der Waals surface area contributed by atoms with Gasteiger partial charge >= 0.3 is 0 Å². The third-order valence-corrected chi connectivity index (χ3v) is 6.11. The van der Waals surface area contributed by atoms with Crippen LogP contribution in [0.15, 0.2) is 24.5 Å². The van der Waals surface area contributed by atoms with E-state index in [-0.39, 0.29) is 12.5 Å². The van der Waals surface area contributed by atoms with E-state index in [1.807, 2.05) is 12.1 Å². The summed E-state index contributed by atoms with van der Waals surface area (Å²) in [4.78, 5) is 23.2. The minimum Gasteiger partial charge on any atom is -0.467 e. The average molecular weight is 383 g/mol. The van der Waals surface area contributed by atoms with E-state index in [1.165, 1.54) is 16.8 Å². The molecule has 0 unspecified atom stereocenters. The van der Waals surface area contributed by atoms with Crippen molar-refractivity contribution in [2.24, 2.45) is 0 Å². The molecule has 130 valence electrons. The summed E-state index contributed by atoms with van der Waals surface area (Å²) in [6, 6.07) is 5.50. The number of amides is 1. The van der Waals surface area contributed by atoms with Crippen LogP contribution in [0.4, 0.5) is 5.69 Å². The van der Waals surface area contributed by atoms with Gasteiger partial charge in [-0.05, 0) is 37.0 Å². The Bertz CT molecular complexity index is 1140. The third-order valence-electron chi connectivity index (χ3n) is 4.37. The Morgan fingerprint density at radius 3 is 3.15 bits per heavy atom. The van der Waals surface area contributed by atoms with Crippen molar-refractivity contribution in [2.75, 3.05) is 11.9 Å². The van der Waals surface area contributed by atoms with Crippen LogP contribution >= 0.6 is 23.1 Å². The van der Waals surface area contributed by atoms with Crippen molar-refractivity contribution in [1.29, 1.82) is 0 Å². The number of carbonyl (C=O) groups is 1. The first-order chi connectivity index (χ1) is 12.8. The van der Waals surface area contributed by atoms with Crippen LogP contribution in [0.5, 0.6) is 5.88 Å². The molecule has 0 radical (unpaired) electrons. The van der Waals surface area contributed by atoms with Crippen LogP contribution in [-0.2, 0) is 17.6 Å². The zero-order valence-electron chi connectivity index (χ0n) is 13.6. The van der Waals surface area contributed by atoms with Crippen LogP contribution in [-0.4, -0.2) is 31.2 Å². The summed E-state index contributed by atoms with van der Waals surface area (Å²) in [5.41, 5.74) is 3.36. The molecule has 1 N–H and O–H groups in total. The zero-order chi connectivity index (χ0) is 17.5. The summed E-state index contributed by atoms with van der Waals surface area (Å²) in [6.07, 6.45) is 4.74. The second-order valence-electron chi connectivity index (χ2n) is 5.99. The van der Waals surface area contributed by atoms with Crippen LogP contribution in [0.1, 0.15) is 16.9 Å². The van der Waals surface area contributed by atoms with Crippen LogP contribution in [0.2, 0.25) is 0 Å². The standard InChI is InChI=1S/C17H13N5O2S2/c23-13(20-10-4-2-5-11-15(10)22-26-21-11)7-24-16-14-9-3-1-6-12(9)25-17(14)19-8-18-16/h2,4-5,8H,1,3,6-7H2,(H,20,23). The highest BCUT2D eigenvalue weighted by molar-refractivity contribution is 7.18. The zero-order valence-corrected chi connectivity index (χ0v) is 15.2. The fraction of sp³-hybridized carbons (Fsp3) is 0.235. The van der Waals surface area contributed by atoms with E-state index in [0.717, 1.165) is 46.7 Å². The SMILES string of the molecule is O=C(COc1ncnc2sc3c(c12)CCC3)Nc1cccc2nsnc12. The number of nitrogens with one attached hydrogen (secondary N) is 1. The number of hydrogen-bond donors (Lipinski definition) is 1. The van der Waals surface area contributed by atoms with Crippen molar-refractivity contribution in [1.82, 2.24) is 18.7 Å². The number of carbonyl (C=O) groups excluding carboxylic acids is 1. The first-order valence-electron chi connectivity index (χ1n) is 8.19. The van der Waals surface area contributed by atoms with Gasteiger partial charge in [-0.1, -0.05) is 6.07 Å². The lowest BCUT2D eigenvalue weighted by Crippen LogP contribution is -2.20. The maximum absolute atomic E-state index is 12.3. The van der Waals surface area contributed by atoms with Crippen molar-refractivity contribution in [2.45, 2.75) is 19.3 Å². The second-order valence-corrected chi connectivity index (χ2v) is 7.60. The number of fused-ring (bicyclic) bond motifs is 4. The number of benzene rings is 1. The van der Waals surface area contributed by atoms with Crippen LogP contribution in [0, 0.1) is 0 Å². The predicted molar refractivity (Wildman–Crippen MR) is 101 cm³/mol. The van der Waals surface area contributed by atoms with Crippen molar-refractivity contribution in [3.63, 3.8) is 0 Å². The maximum Gasteiger partial charge on any atom is 0.262 e. The minimum atomic E-state index is -0.260. The quantitative estimate of drug-likeness (QED) is 0.582. The minimum absolute atomic E-state index is 0.120. The molecule has 0 spiro atoms. The monoisotopic (exact) mass is 383 g/mol. The van der Waals surface area contributed by atoms with E-state index >= 15 is 0 Å². The Morgan fingerprint density at radius 2 is 2.19 bits per heavy atom. The van der Waals surface area contributed by atoms with Gasteiger partial charge in [-0.25, -0.2) is 9.97 Å². The summed E-state index contributed by atoms with van der Waals surface area (Å²) in [6.45, 7) is -0.120. The molecule has 7 nitrogen and oxygen atoms in total. The molecule has 0 aliphatic heterocycles. The van der Waals surface area contributed by atoms with Crippen LogP contribution < -0.4 is 10.1 Å². The lowest BCUT2D eigenvalue weighted by atomic mass is 10.2. The highest BCUT2D eigenvalue weighted by atomic mass is 32.1. The highest BCUT2D eigenvalue weighted by Crippen LogP contribution is 2.39. The van der Waals surface area contributed by atoms with Gasteiger partial charge in [-0.3, -0.25) is 4.79 Å². The molecule has 1 aliphatic rings. The highest BCUT2D eigenvalue weighted by Gasteiger charge is 2.22. The number of rotatable bonds is 4. The fourth-order valence-corrected chi connectivity index (χ4v) is 5.01. The van der Waals surface area contributed by atoms with Gasteiger partial charge in [0.2, 0.25) is 5.88 Å². The van der Waals surface area contributed by atoms with Gasteiger partial charge in [-0.2, -0.15) is 8.75 Å². The Hall–Kier alpha value is -2.65. The number of hydrogen-bond acceptors (Lipinski definition) is 8. The molecular formula is C17H13N5O2S2. The number of aromatic nitrogens is 4. The van der Waals surface area contributed by atoms with Gasteiger partial charge in [0, 0.05) is 4.88 Å². The maximum atomic E-state index is 12.3. The van der Waals surface area contributed by atoms with Crippen molar-refractivity contribution in [3.05, 3.63) is 35.0 Å². The van der Waals surface area contributed by atoms with Gasteiger partial charge in [0.25, 0.3) is 5.91 Å². The second kappa shape index (κ2) is 6.26. The predicted octanol–water partition coefficient (Wildman–Crippen LogP) is 3.20. The molecule has 5 rings (SSSR count). The number of ether oxygens (including phenoxy) is 1. The summed E-state index contributed by atoms with van der Waals surface area (Å²) < 4.78 is 14.1. The first kappa shape index (κ1) is 15.6. The number of nitrogens with zero attached hydrogens (tertiary/aromatic N) is 4. The molecule has 26 heavy (non-hydrogen) atoms. The third kappa shape index (κ3) is 2.60. The van der Waals surface area contributed by atoms with Crippen molar-refractivity contribution in [3.8, 4) is 5.88 Å². The summed E-state index contributed by atoms with van der Waals surface area (Å²) in [5.74, 6) is 0.224. The molecule has 1 aliphatic carbocycles. The molecule has 3 aromatic heterocycles. The van der Waals surface area contributed by atoms with Crippen LogP contribution in [0.25, 0.3) is 21.3 Å². The molecule has 9 heteroatoms. The molecule has 0 saturated carbocycles. The number of thiophene rings is 1. The largest absolute Gasteiger partial charge is 0.467 e. The molecule has 0 atom stereocenters. The number of anilines is 1. The molecule has 1 amide bonds. The number of aryl methyl sites for hydroxylation is 2. The van der Waals surface area contributed by atoms with Crippen molar-refractivity contribution >= 4 is 55.9 Å². The van der Waals surface area contributed by atoms with Gasteiger partial charge in [0.15, 0.2) is 6.61 Å². The normalized spacial score (nSPS) is 13.2. The molecule has 3 heterocycles. The summed E-state index contributed by atoms with van der Waals surface area (Å²) in [7, 11) is 0. The Labute approximate surface area is 156 Å². The Balaban J connectivity index is 1.36. The smallest absolute Gasteiger partial charge is 0.262 e. The van der Waals surface area contributed by atoms with E-state index in [1.54, 1.807) is 17.4 Å². The molecule has 0 fully saturated rings. The topological polar surface area (TPSA) is 89.9 Å². The summed E-state index contributed by atoms with van der Waals surface area (Å²) in [5, 5.41) is 3.80. The molecule has 0 bridgehead atoms. The first-order valence-corrected chi connectivity index (χ1v) is 9.73. The van der Waals surface area contributed by atoms with Crippen molar-refractivity contribution < 1.29 is 9.53 Å². The average Bonchev–Trinajstić information content (AvgIpc) is 3.35. The van der Waals surface area contributed by atoms with E-state index < -0.39 is 0 Å². The van der Waals surface area contributed by atoms with E-state index in [9.17, 15) is 4.79 Å². The van der Waals surface area contributed by atoms with E-state index in [0.29, 0.717) is 17.1 Å². The Kier molecular flexibility index (Phi) is 3.75.